The molecule has 1 fully saturated rings. The highest BCUT2D eigenvalue weighted by Crippen LogP contribution is 2.46. The Balaban J connectivity index is 1.69. The molecule has 1 saturated heterocycles. The standard InChI is InChI=1S/C22H22Cl2N6O4/c1-4-16(31)27-12-8-34-9-13(12)29-22-26-7-10-5-11(28-21(25)20(10)30-22)17-18(23)14(32-2)6-15(33-3)19(17)24/h4-7,12-13H,1,8-9H2,2-3H3,(H2,25,28)(H,27,31)(H,26,29,30)/t12-,13+/m0/s1. The van der Waals surface area contributed by atoms with Crippen LogP contribution in [0.2, 0.25) is 10.0 Å². The van der Waals surface area contributed by atoms with E-state index in [1.54, 1.807) is 18.3 Å². The van der Waals surface area contributed by atoms with Gasteiger partial charge in [-0.05, 0) is 12.1 Å². The zero-order valence-corrected chi connectivity index (χ0v) is 19.9. The summed E-state index contributed by atoms with van der Waals surface area (Å²) < 4.78 is 16.1. The Labute approximate surface area is 205 Å². The number of hydrogen-bond donors (Lipinski definition) is 3. The van der Waals surface area contributed by atoms with Gasteiger partial charge in [0.05, 0.1) is 55.3 Å². The molecular weight excluding hydrogens is 483 g/mol. The van der Waals surface area contributed by atoms with Gasteiger partial charge in [-0.2, -0.15) is 0 Å². The predicted molar refractivity (Wildman–Crippen MR) is 131 cm³/mol. The summed E-state index contributed by atoms with van der Waals surface area (Å²) in [5, 5.41) is 7.17. The highest BCUT2D eigenvalue weighted by atomic mass is 35.5. The Morgan fingerprint density at radius 1 is 1.18 bits per heavy atom. The van der Waals surface area contributed by atoms with Crippen molar-refractivity contribution in [1.82, 2.24) is 20.3 Å². The normalized spacial score (nSPS) is 17.4. The molecule has 10 nitrogen and oxygen atoms in total. The fourth-order valence-electron chi connectivity index (χ4n) is 3.62. The zero-order chi connectivity index (χ0) is 24.4. The van der Waals surface area contributed by atoms with Gasteiger partial charge in [0.1, 0.15) is 17.0 Å². The monoisotopic (exact) mass is 504 g/mol. The van der Waals surface area contributed by atoms with Crippen molar-refractivity contribution in [3.05, 3.63) is 41.0 Å². The Morgan fingerprint density at radius 2 is 1.85 bits per heavy atom. The number of pyridine rings is 1. The van der Waals surface area contributed by atoms with Crippen molar-refractivity contribution < 1.29 is 19.0 Å². The second-order valence-corrected chi connectivity index (χ2v) is 8.17. The average molecular weight is 505 g/mol. The van der Waals surface area contributed by atoms with Crippen molar-refractivity contribution in [1.29, 1.82) is 0 Å². The topological polar surface area (TPSA) is 134 Å². The first-order chi connectivity index (χ1) is 16.4. The SMILES string of the molecule is C=CC(=O)N[C@H]1COC[C@H]1Nc1ncc2cc(-c3c(Cl)c(OC)cc(OC)c3Cl)nc(N)c2n1. The number of ether oxygens (including phenoxy) is 3. The number of nitrogens with one attached hydrogen (secondary N) is 2. The number of halogens is 2. The van der Waals surface area contributed by atoms with E-state index in [0.29, 0.717) is 52.8 Å². The minimum Gasteiger partial charge on any atom is -0.495 e. The number of methoxy groups -OCH3 is 2. The fourth-order valence-corrected chi connectivity index (χ4v) is 4.31. The molecule has 0 radical (unpaired) electrons. The van der Waals surface area contributed by atoms with E-state index in [1.165, 1.54) is 20.3 Å². The van der Waals surface area contributed by atoms with Crippen LogP contribution in [0.1, 0.15) is 0 Å². The van der Waals surface area contributed by atoms with Gasteiger partial charge < -0.3 is 30.6 Å². The summed E-state index contributed by atoms with van der Waals surface area (Å²) in [5.41, 5.74) is 7.52. The molecular formula is C22H22Cl2N6O4. The molecule has 0 aliphatic carbocycles. The van der Waals surface area contributed by atoms with Gasteiger partial charge in [-0.15, -0.1) is 0 Å². The summed E-state index contributed by atoms with van der Waals surface area (Å²) in [6.07, 6.45) is 2.82. The molecule has 1 aliphatic heterocycles. The number of hydrogen-bond acceptors (Lipinski definition) is 9. The Kier molecular flexibility index (Phi) is 6.92. The number of amides is 1. The van der Waals surface area contributed by atoms with E-state index in [9.17, 15) is 4.79 Å². The van der Waals surface area contributed by atoms with Crippen LogP contribution < -0.4 is 25.8 Å². The first kappa shape index (κ1) is 23.8. The van der Waals surface area contributed by atoms with Crippen LogP contribution in [0.15, 0.2) is 31.0 Å². The van der Waals surface area contributed by atoms with Crippen molar-refractivity contribution in [2.24, 2.45) is 0 Å². The van der Waals surface area contributed by atoms with Gasteiger partial charge in [0.2, 0.25) is 11.9 Å². The lowest BCUT2D eigenvalue weighted by atomic mass is 10.1. The van der Waals surface area contributed by atoms with Gasteiger partial charge >= 0.3 is 0 Å². The van der Waals surface area contributed by atoms with Crippen LogP contribution >= 0.6 is 23.2 Å². The quantitative estimate of drug-likeness (QED) is 0.414. The number of nitrogens with two attached hydrogens (primary N) is 1. The van der Waals surface area contributed by atoms with Gasteiger partial charge in [-0.25, -0.2) is 15.0 Å². The zero-order valence-electron chi connectivity index (χ0n) is 18.4. The van der Waals surface area contributed by atoms with E-state index >= 15 is 0 Å². The Morgan fingerprint density at radius 3 is 2.50 bits per heavy atom. The maximum Gasteiger partial charge on any atom is 0.243 e. The summed E-state index contributed by atoms with van der Waals surface area (Å²) in [7, 11) is 2.98. The molecule has 0 saturated carbocycles. The molecule has 4 N–H and O–H groups in total. The molecule has 0 bridgehead atoms. The molecule has 34 heavy (non-hydrogen) atoms. The van der Waals surface area contributed by atoms with Crippen LogP contribution in [0.3, 0.4) is 0 Å². The molecule has 3 heterocycles. The lowest BCUT2D eigenvalue weighted by Gasteiger charge is -2.20. The van der Waals surface area contributed by atoms with Crippen molar-refractivity contribution in [3.63, 3.8) is 0 Å². The number of carbonyl (C=O) groups is 1. The van der Waals surface area contributed by atoms with Gasteiger partial charge in [-0.3, -0.25) is 4.79 Å². The molecule has 178 valence electrons. The van der Waals surface area contributed by atoms with Crippen LogP contribution in [0, 0.1) is 0 Å². The third-order valence-corrected chi connectivity index (χ3v) is 6.08. The molecule has 0 spiro atoms. The van der Waals surface area contributed by atoms with Gasteiger partial charge in [-0.1, -0.05) is 29.8 Å². The smallest absolute Gasteiger partial charge is 0.243 e. The molecule has 2 atom stereocenters. The van der Waals surface area contributed by atoms with E-state index in [4.69, 9.17) is 43.1 Å². The lowest BCUT2D eigenvalue weighted by Crippen LogP contribution is -2.45. The lowest BCUT2D eigenvalue weighted by molar-refractivity contribution is -0.117. The van der Waals surface area contributed by atoms with Crippen molar-refractivity contribution in [3.8, 4) is 22.8 Å². The van der Waals surface area contributed by atoms with E-state index in [-0.39, 0.29) is 33.9 Å². The number of nitrogen functional groups attached to an aromatic ring is 1. The van der Waals surface area contributed by atoms with E-state index < -0.39 is 0 Å². The Hall–Kier alpha value is -3.34. The van der Waals surface area contributed by atoms with Crippen LogP contribution in [0.25, 0.3) is 22.2 Å². The summed E-state index contributed by atoms with van der Waals surface area (Å²) in [5.74, 6) is 0.957. The van der Waals surface area contributed by atoms with E-state index in [1.807, 2.05) is 0 Å². The molecule has 2 aromatic heterocycles. The first-order valence-corrected chi connectivity index (χ1v) is 10.9. The highest BCUT2D eigenvalue weighted by molar-refractivity contribution is 6.41. The molecule has 0 unspecified atom stereocenters. The molecule has 1 aliphatic rings. The predicted octanol–water partition coefficient (Wildman–Crippen LogP) is 3.08. The van der Waals surface area contributed by atoms with Gasteiger partial charge in [0.25, 0.3) is 0 Å². The van der Waals surface area contributed by atoms with E-state index in [2.05, 4.69) is 32.2 Å². The van der Waals surface area contributed by atoms with Gasteiger partial charge in [0, 0.05) is 23.2 Å². The third kappa shape index (κ3) is 4.52. The van der Waals surface area contributed by atoms with Crippen molar-refractivity contribution >= 4 is 51.8 Å². The molecule has 4 rings (SSSR count). The maximum absolute atomic E-state index is 11.7. The van der Waals surface area contributed by atoms with Crippen LogP contribution in [-0.2, 0) is 9.53 Å². The first-order valence-electron chi connectivity index (χ1n) is 10.2. The molecule has 3 aromatic rings. The minimum atomic E-state index is -0.283. The fraction of sp³-hybridized carbons (Fsp3) is 0.273. The van der Waals surface area contributed by atoms with Crippen LogP contribution in [-0.4, -0.2) is 60.4 Å². The summed E-state index contributed by atoms with van der Waals surface area (Å²) in [4.78, 5) is 25.0. The maximum atomic E-state index is 11.7. The van der Waals surface area contributed by atoms with Crippen molar-refractivity contribution in [2.75, 3.05) is 38.5 Å². The number of aromatic nitrogens is 3. The highest BCUT2D eigenvalue weighted by Gasteiger charge is 2.30. The van der Waals surface area contributed by atoms with Gasteiger partial charge in [0.15, 0.2) is 5.82 Å². The molecule has 12 heteroatoms. The number of fused-ring (bicyclic) bond motifs is 1. The third-order valence-electron chi connectivity index (χ3n) is 5.33. The summed E-state index contributed by atoms with van der Waals surface area (Å²) >= 11 is 13.1. The number of rotatable bonds is 7. The number of benzene rings is 1. The van der Waals surface area contributed by atoms with E-state index in [0.717, 1.165) is 0 Å². The summed E-state index contributed by atoms with van der Waals surface area (Å²) in [6, 6.07) is 2.84. The number of nitrogens with zero attached hydrogens (tertiary/aromatic N) is 3. The number of anilines is 2. The Bertz CT molecular complexity index is 1240. The molecule has 1 amide bonds. The average Bonchev–Trinajstić information content (AvgIpc) is 3.26. The molecule has 1 aromatic carbocycles. The number of carbonyl (C=O) groups excluding carboxylic acids is 1. The second kappa shape index (κ2) is 9.88. The second-order valence-electron chi connectivity index (χ2n) is 7.42. The largest absolute Gasteiger partial charge is 0.495 e. The van der Waals surface area contributed by atoms with Crippen molar-refractivity contribution in [2.45, 2.75) is 12.1 Å². The van der Waals surface area contributed by atoms with Crippen LogP contribution in [0.4, 0.5) is 11.8 Å². The van der Waals surface area contributed by atoms with Crippen LogP contribution in [0.5, 0.6) is 11.5 Å². The summed E-state index contributed by atoms with van der Waals surface area (Å²) in [6.45, 7) is 4.21. The minimum absolute atomic E-state index is 0.158.